The monoisotopic (exact) mass is 166 g/mol. The summed E-state index contributed by atoms with van der Waals surface area (Å²) in [5.74, 6) is 2.07. The predicted molar refractivity (Wildman–Crippen MR) is 48.8 cm³/mol. The van der Waals surface area contributed by atoms with E-state index in [2.05, 4.69) is 20.8 Å². The predicted octanol–water partition coefficient (Wildman–Crippen LogP) is 2.65. The molecule has 0 aromatic heterocycles. The van der Waals surface area contributed by atoms with Crippen LogP contribution in [0.5, 0.6) is 0 Å². The number of rotatable bonds is 1. The Balaban J connectivity index is 2.11. The molecule has 2 aliphatic rings. The van der Waals surface area contributed by atoms with Gasteiger partial charge in [0, 0.05) is 5.41 Å². The van der Waals surface area contributed by atoms with Gasteiger partial charge in [0.15, 0.2) is 0 Å². The minimum absolute atomic E-state index is 0.0326. The molecule has 0 amide bonds. The van der Waals surface area contributed by atoms with E-state index >= 15 is 0 Å². The molecule has 0 aromatic rings. The number of fused-ring (bicyclic) bond motifs is 1. The second kappa shape index (κ2) is 1.94. The van der Waals surface area contributed by atoms with Gasteiger partial charge in [-0.2, -0.15) is 0 Å². The zero-order valence-corrected chi connectivity index (χ0v) is 8.48. The molecule has 0 radical (unpaired) electrons. The molecule has 2 unspecified atom stereocenters. The van der Waals surface area contributed by atoms with Crippen molar-refractivity contribution in [3.05, 3.63) is 0 Å². The van der Waals surface area contributed by atoms with Crippen LogP contribution >= 0.6 is 0 Å². The van der Waals surface area contributed by atoms with E-state index in [0.29, 0.717) is 11.2 Å². The van der Waals surface area contributed by atoms with Crippen molar-refractivity contribution in [2.45, 2.75) is 40.5 Å². The Morgan fingerprint density at radius 1 is 1.17 bits per heavy atom. The largest absolute Gasteiger partial charge is 0.299 e. The molecule has 0 aromatic carbocycles. The van der Waals surface area contributed by atoms with E-state index in [9.17, 15) is 4.79 Å². The molecule has 0 saturated heterocycles. The van der Waals surface area contributed by atoms with E-state index in [4.69, 9.17) is 0 Å². The highest BCUT2D eigenvalue weighted by Crippen LogP contribution is 2.71. The first-order chi connectivity index (χ1) is 5.38. The fourth-order valence-corrected chi connectivity index (χ4v) is 3.01. The van der Waals surface area contributed by atoms with E-state index in [1.807, 2.05) is 0 Å². The zero-order valence-electron chi connectivity index (χ0n) is 8.48. The maximum Gasteiger partial charge on any atom is 0.135 e. The van der Waals surface area contributed by atoms with E-state index in [0.717, 1.165) is 24.7 Å². The summed E-state index contributed by atoms with van der Waals surface area (Å²) in [4.78, 5) is 11.3. The molecule has 68 valence electrons. The average molecular weight is 166 g/mol. The van der Waals surface area contributed by atoms with Crippen LogP contribution in [-0.4, -0.2) is 5.78 Å². The lowest BCUT2D eigenvalue weighted by molar-refractivity contribution is -0.126. The molecule has 0 heterocycles. The van der Waals surface area contributed by atoms with Crippen LogP contribution in [0.2, 0.25) is 0 Å². The van der Waals surface area contributed by atoms with Crippen molar-refractivity contribution >= 4 is 5.78 Å². The third kappa shape index (κ3) is 0.826. The van der Waals surface area contributed by atoms with Gasteiger partial charge >= 0.3 is 0 Å². The van der Waals surface area contributed by atoms with E-state index in [1.54, 1.807) is 6.92 Å². The molecule has 2 fully saturated rings. The Hall–Kier alpha value is -0.330. The first kappa shape index (κ1) is 8.28. The minimum atomic E-state index is 0.0326. The molecule has 0 bridgehead atoms. The summed E-state index contributed by atoms with van der Waals surface area (Å²) in [6.07, 6.45) is 2.28. The fraction of sp³-hybridized carbons (Fsp3) is 0.909. The third-order valence-electron chi connectivity index (χ3n) is 4.48. The van der Waals surface area contributed by atoms with E-state index in [1.165, 1.54) is 0 Å². The maximum absolute atomic E-state index is 11.3. The Labute approximate surface area is 74.5 Å². The van der Waals surface area contributed by atoms with Crippen LogP contribution in [0.25, 0.3) is 0 Å². The van der Waals surface area contributed by atoms with Crippen LogP contribution in [0.3, 0.4) is 0 Å². The highest BCUT2D eigenvalue weighted by molar-refractivity contribution is 5.82. The van der Waals surface area contributed by atoms with E-state index in [-0.39, 0.29) is 5.41 Å². The standard InChI is InChI=1S/C11H18O/c1-7(12)11(4)5-8-9(6-11)10(8,2)3/h8-9H,5-6H2,1-4H3. The van der Waals surface area contributed by atoms with Gasteiger partial charge in [-0.3, -0.25) is 4.79 Å². The molecular formula is C11H18O. The van der Waals surface area contributed by atoms with Gasteiger partial charge < -0.3 is 0 Å². The number of carbonyl (C=O) groups excluding carboxylic acids is 1. The summed E-state index contributed by atoms with van der Waals surface area (Å²) in [5.41, 5.74) is 0.583. The number of hydrogen-bond acceptors (Lipinski definition) is 1. The van der Waals surface area contributed by atoms with Gasteiger partial charge in [0.05, 0.1) is 0 Å². The highest BCUT2D eigenvalue weighted by atomic mass is 16.1. The van der Waals surface area contributed by atoms with Crippen molar-refractivity contribution in [3.63, 3.8) is 0 Å². The summed E-state index contributed by atoms with van der Waals surface area (Å²) in [5, 5.41) is 0. The van der Waals surface area contributed by atoms with Gasteiger partial charge in [0.1, 0.15) is 5.78 Å². The number of carbonyl (C=O) groups is 1. The molecule has 2 saturated carbocycles. The average Bonchev–Trinajstić information content (AvgIpc) is 2.38. The van der Waals surface area contributed by atoms with Gasteiger partial charge in [-0.15, -0.1) is 0 Å². The lowest BCUT2D eigenvalue weighted by Gasteiger charge is -2.25. The minimum Gasteiger partial charge on any atom is -0.299 e. The summed E-state index contributed by atoms with van der Waals surface area (Å²) >= 11 is 0. The normalized spacial score (nSPS) is 48.7. The van der Waals surface area contributed by atoms with Gasteiger partial charge in [-0.1, -0.05) is 20.8 Å². The van der Waals surface area contributed by atoms with Gasteiger partial charge in [-0.25, -0.2) is 0 Å². The summed E-state index contributed by atoms with van der Waals surface area (Å²) in [7, 11) is 0. The van der Waals surface area contributed by atoms with Crippen LogP contribution in [0.1, 0.15) is 40.5 Å². The molecule has 0 aliphatic heterocycles. The smallest absolute Gasteiger partial charge is 0.135 e. The Bertz CT molecular complexity index is 225. The Kier molecular flexibility index (Phi) is 1.34. The summed E-state index contributed by atoms with van der Waals surface area (Å²) in [6.45, 7) is 8.55. The third-order valence-corrected chi connectivity index (χ3v) is 4.48. The highest BCUT2D eigenvalue weighted by Gasteiger charge is 2.65. The SMILES string of the molecule is CC(=O)C1(C)CC2C(C1)C2(C)C. The van der Waals surface area contributed by atoms with Crippen LogP contribution < -0.4 is 0 Å². The van der Waals surface area contributed by atoms with Crippen LogP contribution in [-0.2, 0) is 4.79 Å². The molecule has 0 spiro atoms. The second-order valence-corrected chi connectivity index (χ2v) is 5.56. The molecule has 12 heavy (non-hydrogen) atoms. The first-order valence-electron chi connectivity index (χ1n) is 4.89. The molecule has 0 N–H and O–H groups in total. The first-order valence-corrected chi connectivity index (χ1v) is 4.89. The molecule has 1 nitrogen and oxygen atoms in total. The topological polar surface area (TPSA) is 17.1 Å². The van der Waals surface area contributed by atoms with Gasteiger partial charge in [0.2, 0.25) is 0 Å². The number of hydrogen-bond donors (Lipinski definition) is 0. The summed E-state index contributed by atoms with van der Waals surface area (Å²) in [6, 6.07) is 0. The van der Waals surface area contributed by atoms with Crippen molar-refractivity contribution in [3.8, 4) is 0 Å². The van der Waals surface area contributed by atoms with Crippen molar-refractivity contribution in [1.82, 2.24) is 0 Å². The lowest BCUT2D eigenvalue weighted by Crippen LogP contribution is -2.25. The fourth-order valence-electron chi connectivity index (χ4n) is 3.01. The lowest BCUT2D eigenvalue weighted by atomic mass is 9.78. The van der Waals surface area contributed by atoms with Gasteiger partial charge in [-0.05, 0) is 37.0 Å². The van der Waals surface area contributed by atoms with Crippen LogP contribution in [0, 0.1) is 22.7 Å². The quantitative estimate of drug-likeness (QED) is 0.585. The van der Waals surface area contributed by atoms with Crippen LogP contribution in [0.4, 0.5) is 0 Å². The van der Waals surface area contributed by atoms with Crippen molar-refractivity contribution in [1.29, 1.82) is 0 Å². The molecule has 2 atom stereocenters. The van der Waals surface area contributed by atoms with Crippen LogP contribution in [0.15, 0.2) is 0 Å². The number of ketones is 1. The Morgan fingerprint density at radius 2 is 1.58 bits per heavy atom. The Morgan fingerprint density at radius 3 is 1.92 bits per heavy atom. The molecule has 2 rings (SSSR count). The van der Waals surface area contributed by atoms with Crippen molar-refractivity contribution in [2.75, 3.05) is 0 Å². The number of Topliss-reactive ketones (excluding diaryl/α,β-unsaturated/α-hetero) is 1. The zero-order chi connectivity index (χ0) is 9.15. The van der Waals surface area contributed by atoms with Crippen molar-refractivity contribution in [2.24, 2.45) is 22.7 Å². The maximum atomic E-state index is 11.3. The van der Waals surface area contributed by atoms with Gasteiger partial charge in [0.25, 0.3) is 0 Å². The molecule has 1 heteroatoms. The second-order valence-electron chi connectivity index (χ2n) is 5.56. The van der Waals surface area contributed by atoms with E-state index < -0.39 is 0 Å². The summed E-state index contributed by atoms with van der Waals surface area (Å²) < 4.78 is 0. The van der Waals surface area contributed by atoms with Crippen molar-refractivity contribution < 1.29 is 4.79 Å². The molecule has 2 aliphatic carbocycles. The molecular weight excluding hydrogens is 148 g/mol.